The van der Waals surface area contributed by atoms with Crippen LogP contribution < -0.4 is 10.2 Å². The van der Waals surface area contributed by atoms with Gasteiger partial charge in [0.1, 0.15) is 0 Å². The highest BCUT2D eigenvalue weighted by atomic mass is 16.6. The molecule has 30 heavy (non-hydrogen) atoms. The number of benzene rings is 2. The van der Waals surface area contributed by atoms with Crippen molar-refractivity contribution >= 4 is 28.9 Å². The summed E-state index contributed by atoms with van der Waals surface area (Å²) >= 11 is 0. The van der Waals surface area contributed by atoms with Crippen LogP contribution in [0.2, 0.25) is 0 Å². The molecule has 1 aliphatic rings. The van der Waals surface area contributed by atoms with Gasteiger partial charge < -0.3 is 10.2 Å². The molecule has 1 aromatic heterocycles. The second kappa shape index (κ2) is 7.78. The highest BCUT2D eigenvalue weighted by Crippen LogP contribution is 2.30. The number of nitro benzene ring substituents is 1. The number of nitro groups is 1. The maximum atomic E-state index is 12.6. The molecule has 1 aliphatic heterocycles. The number of fused-ring (bicyclic) bond motifs is 1. The van der Waals surface area contributed by atoms with Crippen LogP contribution >= 0.6 is 0 Å². The second-order valence-electron chi connectivity index (χ2n) is 6.99. The van der Waals surface area contributed by atoms with E-state index in [1.807, 2.05) is 12.1 Å². The predicted octanol–water partition coefficient (Wildman–Crippen LogP) is 3.33. The standard InChI is InChI=1S/C21H19N5O4/c1-14(27)24-10-3-4-15-12-16(7-8-20(15)24)22-21(28)19-9-11-25(23-19)17-5-2-6-18(13-17)26(29)30/h2,5-9,11-13H,3-4,10H2,1H3,(H,22,28). The van der Waals surface area contributed by atoms with Crippen molar-refractivity contribution in [3.8, 4) is 5.69 Å². The number of anilines is 2. The van der Waals surface area contributed by atoms with Crippen molar-refractivity contribution in [2.24, 2.45) is 0 Å². The van der Waals surface area contributed by atoms with E-state index in [0.717, 1.165) is 24.1 Å². The van der Waals surface area contributed by atoms with Gasteiger partial charge in [0.2, 0.25) is 5.91 Å². The Morgan fingerprint density at radius 3 is 2.77 bits per heavy atom. The fourth-order valence-electron chi connectivity index (χ4n) is 3.54. The number of non-ortho nitro benzene ring substituents is 1. The molecule has 0 unspecified atom stereocenters. The monoisotopic (exact) mass is 405 g/mol. The molecule has 2 heterocycles. The van der Waals surface area contributed by atoms with Crippen LogP contribution in [-0.4, -0.2) is 33.1 Å². The summed E-state index contributed by atoms with van der Waals surface area (Å²) in [5, 5.41) is 18.0. The van der Waals surface area contributed by atoms with E-state index < -0.39 is 10.8 Å². The third-order valence-electron chi connectivity index (χ3n) is 4.96. The Morgan fingerprint density at radius 1 is 1.17 bits per heavy atom. The number of amides is 2. The number of aromatic nitrogens is 2. The van der Waals surface area contributed by atoms with E-state index in [0.29, 0.717) is 17.9 Å². The molecule has 2 amide bonds. The van der Waals surface area contributed by atoms with E-state index in [1.54, 1.807) is 42.3 Å². The maximum Gasteiger partial charge on any atom is 0.276 e. The predicted molar refractivity (Wildman–Crippen MR) is 111 cm³/mol. The first kappa shape index (κ1) is 19.3. The first-order chi connectivity index (χ1) is 14.4. The van der Waals surface area contributed by atoms with Crippen molar-refractivity contribution in [3.05, 3.63) is 76.1 Å². The number of aryl methyl sites for hydroxylation is 1. The van der Waals surface area contributed by atoms with Gasteiger partial charge in [0.05, 0.1) is 10.6 Å². The zero-order valence-electron chi connectivity index (χ0n) is 16.2. The molecule has 0 fully saturated rings. The van der Waals surface area contributed by atoms with E-state index in [2.05, 4.69) is 10.4 Å². The highest BCUT2D eigenvalue weighted by molar-refractivity contribution is 6.03. The topological polar surface area (TPSA) is 110 Å². The van der Waals surface area contributed by atoms with Gasteiger partial charge in [-0.25, -0.2) is 4.68 Å². The van der Waals surface area contributed by atoms with Gasteiger partial charge in [0.15, 0.2) is 5.69 Å². The lowest BCUT2D eigenvalue weighted by molar-refractivity contribution is -0.384. The van der Waals surface area contributed by atoms with Gasteiger partial charge in [-0.15, -0.1) is 0 Å². The normalized spacial score (nSPS) is 12.9. The quantitative estimate of drug-likeness (QED) is 0.529. The number of carbonyl (C=O) groups excluding carboxylic acids is 2. The largest absolute Gasteiger partial charge is 0.321 e. The molecule has 0 radical (unpaired) electrons. The minimum Gasteiger partial charge on any atom is -0.321 e. The van der Waals surface area contributed by atoms with Gasteiger partial charge in [-0.3, -0.25) is 19.7 Å². The Balaban J connectivity index is 1.52. The third-order valence-corrected chi connectivity index (χ3v) is 4.96. The van der Waals surface area contributed by atoms with Crippen LogP contribution in [-0.2, 0) is 11.2 Å². The van der Waals surface area contributed by atoms with E-state index in [1.165, 1.54) is 16.8 Å². The minimum atomic E-state index is -0.482. The molecule has 2 aromatic carbocycles. The van der Waals surface area contributed by atoms with Crippen LogP contribution in [0.4, 0.5) is 17.1 Å². The summed E-state index contributed by atoms with van der Waals surface area (Å²) in [7, 11) is 0. The molecule has 0 atom stereocenters. The lowest BCUT2D eigenvalue weighted by atomic mass is 10.0. The van der Waals surface area contributed by atoms with Crippen LogP contribution in [0.5, 0.6) is 0 Å². The van der Waals surface area contributed by atoms with Gasteiger partial charge in [0, 0.05) is 43.2 Å². The molecule has 152 valence electrons. The molecular formula is C21H19N5O4. The molecular weight excluding hydrogens is 386 g/mol. The second-order valence-corrected chi connectivity index (χ2v) is 6.99. The Morgan fingerprint density at radius 2 is 2.00 bits per heavy atom. The SMILES string of the molecule is CC(=O)N1CCCc2cc(NC(=O)c3ccn(-c4cccc([N+](=O)[O-])c4)n3)ccc21. The number of nitrogens with zero attached hydrogens (tertiary/aromatic N) is 4. The van der Waals surface area contributed by atoms with Crippen molar-refractivity contribution in [1.29, 1.82) is 0 Å². The average molecular weight is 405 g/mol. The van der Waals surface area contributed by atoms with Crippen LogP contribution in [0, 0.1) is 10.1 Å². The molecule has 3 aromatic rings. The number of hydrogen-bond acceptors (Lipinski definition) is 5. The third kappa shape index (κ3) is 3.77. The summed E-state index contributed by atoms with van der Waals surface area (Å²) in [5.41, 5.74) is 3.13. The van der Waals surface area contributed by atoms with Crippen LogP contribution in [0.3, 0.4) is 0 Å². The van der Waals surface area contributed by atoms with Crippen molar-refractivity contribution in [2.75, 3.05) is 16.8 Å². The summed E-state index contributed by atoms with van der Waals surface area (Å²) in [4.78, 5) is 36.6. The molecule has 9 heteroatoms. The number of carbonyl (C=O) groups is 2. The summed E-state index contributed by atoms with van der Waals surface area (Å²) in [6.45, 7) is 2.24. The Bertz CT molecular complexity index is 1150. The van der Waals surface area contributed by atoms with Crippen molar-refractivity contribution < 1.29 is 14.5 Å². The van der Waals surface area contributed by atoms with E-state index in [4.69, 9.17) is 0 Å². The summed E-state index contributed by atoms with van der Waals surface area (Å²) < 4.78 is 1.42. The van der Waals surface area contributed by atoms with Crippen LogP contribution in [0.25, 0.3) is 5.69 Å². The number of rotatable bonds is 4. The van der Waals surface area contributed by atoms with Crippen molar-refractivity contribution in [3.63, 3.8) is 0 Å². The number of nitrogens with one attached hydrogen (secondary N) is 1. The molecule has 0 aliphatic carbocycles. The smallest absolute Gasteiger partial charge is 0.276 e. The average Bonchev–Trinajstić information content (AvgIpc) is 3.23. The first-order valence-electron chi connectivity index (χ1n) is 9.45. The lowest BCUT2D eigenvalue weighted by Crippen LogP contribution is -2.33. The zero-order chi connectivity index (χ0) is 21.3. The van der Waals surface area contributed by atoms with Gasteiger partial charge in [0.25, 0.3) is 11.6 Å². The zero-order valence-corrected chi connectivity index (χ0v) is 16.2. The summed E-state index contributed by atoms with van der Waals surface area (Å²) in [6, 6.07) is 13.0. The number of hydrogen-bond donors (Lipinski definition) is 1. The molecule has 0 bridgehead atoms. The van der Waals surface area contributed by atoms with E-state index >= 15 is 0 Å². The fourth-order valence-corrected chi connectivity index (χ4v) is 3.54. The van der Waals surface area contributed by atoms with Crippen molar-refractivity contribution in [2.45, 2.75) is 19.8 Å². The molecule has 9 nitrogen and oxygen atoms in total. The molecule has 0 spiro atoms. The van der Waals surface area contributed by atoms with Crippen LogP contribution in [0.1, 0.15) is 29.4 Å². The minimum absolute atomic E-state index is 0.000533. The Kier molecular flexibility index (Phi) is 5.01. The van der Waals surface area contributed by atoms with Gasteiger partial charge in [-0.1, -0.05) is 6.07 Å². The molecule has 1 N–H and O–H groups in total. The van der Waals surface area contributed by atoms with E-state index in [-0.39, 0.29) is 17.3 Å². The van der Waals surface area contributed by atoms with E-state index in [9.17, 15) is 19.7 Å². The molecule has 0 saturated carbocycles. The van der Waals surface area contributed by atoms with Gasteiger partial charge in [-0.2, -0.15) is 5.10 Å². The lowest BCUT2D eigenvalue weighted by Gasteiger charge is -2.28. The van der Waals surface area contributed by atoms with Gasteiger partial charge >= 0.3 is 0 Å². The molecule has 4 rings (SSSR count). The molecule has 0 saturated heterocycles. The van der Waals surface area contributed by atoms with Crippen LogP contribution in [0.15, 0.2) is 54.7 Å². The summed E-state index contributed by atoms with van der Waals surface area (Å²) in [5.74, 6) is -0.391. The Hall–Kier alpha value is -4.01. The Labute approximate surface area is 172 Å². The van der Waals surface area contributed by atoms with Crippen molar-refractivity contribution in [1.82, 2.24) is 9.78 Å². The fraction of sp³-hybridized carbons (Fsp3) is 0.190. The highest BCUT2D eigenvalue weighted by Gasteiger charge is 2.20. The summed E-state index contributed by atoms with van der Waals surface area (Å²) in [6.07, 6.45) is 3.29. The first-order valence-corrected chi connectivity index (χ1v) is 9.45. The van der Waals surface area contributed by atoms with Gasteiger partial charge in [-0.05, 0) is 48.7 Å². The maximum absolute atomic E-state index is 12.6.